The summed E-state index contributed by atoms with van der Waals surface area (Å²) in [6, 6.07) is 7.20. The zero-order valence-corrected chi connectivity index (χ0v) is 16.9. The van der Waals surface area contributed by atoms with E-state index in [9.17, 15) is 9.59 Å². The van der Waals surface area contributed by atoms with E-state index in [0.29, 0.717) is 11.6 Å². The van der Waals surface area contributed by atoms with Gasteiger partial charge in [0.25, 0.3) is 0 Å². The second-order valence-corrected chi connectivity index (χ2v) is 7.86. The summed E-state index contributed by atoms with van der Waals surface area (Å²) in [7, 11) is 0. The minimum absolute atomic E-state index is 0.214. The van der Waals surface area contributed by atoms with Gasteiger partial charge in [0.2, 0.25) is 5.91 Å². The number of nitrogens with zero attached hydrogens (tertiary/aromatic N) is 2. The molecule has 154 valence electrons. The molecule has 0 aromatic heterocycles. The highest BCUT2D eigenvalue weighted by Gasteiger charge is 2.21. The van der Waals surface area contributed by atoms with Gasteiger partial charge in [0.1, 0.15) is 12.4 Å². The van der Waals surface area contributed by atoms with Crippen LogP contribution >= 0.6 is 11.6 Å². The molecule has 1 aliphatic heterocycles. The maximum Gasteiger partial charge on any atom is 0.321 e. The molecule has 0 atom stereocenters. The Bertz CT molecular complexity index is 641. The number of piperazine rings is 1. The van der Waals surface area contributed by atoms with Crippen LogP contribution in [0.15, 0.2) is 24.3 Å². The molecule has 2 N–H and O–H groups in total. The zero-order chi connectivity index (χ0) is 19.8. The molecule has 1 aromatic rings. The van der Waals surface area contributed by atoms with Crippen LogP contribution in [0.1, 0.15) is 25.7 Å². The maximum atomic E-state index is 12.1. The van der Waals surface area contributed by atoms with E-state index in [1.807, 2.05) is 24.3 Å². The molecule has 2 aliphatic rings. The summed E-state index contributed by atoms with van der Waals surface area (Å²) < 4.78 is 5.73. The van der Waals surface area contributed by atoms with Crippen molar-refractivity contribution in [2.45, 2.75) is 31.7 Å². The van der Waals surface area contributed by atoms with E-state index in [1.54, 1.807) is 0 Å². The van der Waals surface area contributed by atoms with E-state index < -0.39 is 0 Å². The molecule has 1 saturated heterocycles. The van der Waals surface area contributed by atoms with Crippen molar-refractivity contribution in [1.29, 1.82) is 0 Å². The lowest BCUT2D eigenvalue weighted by Crippen LogP contribution is -2.52. The van der Waals surface area contributed by atoms with Crippen molar-refractivity contribution in [1.82, 2.24) is 20.4 Å². The molecule has 3 rings (SSSR count). The first-order valence-electron chi connectivity index (χ1n) is 10.0. The van der Waals surface area contributed by atoms with Gasteiger partial charge < -0.3 is 10.1 Å². The van der Waals surface area contributed by atoms with Gasteiger partial charge in [-0.2, -0.15) is 0 Å². The molecule has 1 aliphatic carbocycles. The van der Waals surface area contributed by atoms with Crippen LogP contribution in [-0.2, 0) is 4.79 Å². The van der Waals surface area contributed by atoms with Gasteiger partial charge in [-0.3, -0.25) is 19.9 Å². The standard InChI is InChI=1S/C20H29ClN4O3/c21-16-5-7-18(8-6-16)28-14-13-24-9-11-25(12-10-24)15-19(26)23-20(27)22-17-3-1-2-4-17/h5-8,17H,1-4,9-15H2,(H2,22,23,26,27). The van der Waals surface area contributed by atoms with Crippen LogP contribution < -0.4 is 15.4 Å². The minimum Gasteiger partial charge on any atom is -0.492 e. The van der Waals surface area contributed by atoms with E-state index in [1.165, 1.54) is 0 Å². The zero-order valence-electron chi connectivity index (χ0n) is 16.2. The molecular formula is C20H29ClN4O3. The predicted molar refractivity (Wildman–Crippen MR) is 109 cm³/mol. The summed E-state index contributed by atoms with van der Waals surface area (Å²) in [5.41, 5.74) is 0. The smallest absolute Gasteiger partial charge is 0.321 e. The van der Waals surface area contributed by atoms with Gasteiger partial charge in [0.05, 0.1) is 6.54 Å². The molecule has 1 saturated carbocycles. The van der Waals surface area contributed by atoms with Gasteiger partial charge in [-0.05, 0) is 37.1 Å². The van der Waals surface area contributed by atoms with Crippen molar-refractivity contribution in [3.05, 3.63) is 29.3 Å². The Balaban J connectivity index is 1.27. The number of benzene rings is 1. The first kappa shape index (κ1) is 20.9. The van der Waals surface area contributed by atoms with Gasteiger partial charge in [0, 0.05) is 43.8 Å². The summed E-state index contributed by atoms with van der Waals surface area (Å²) in [5, 5.41) is 6.02. The third-order valence-corrected chi connectivity index (χ3v) is 5.52. The van der Waals surface area contributed by atoms with E-state index in [-0.39, 0.29) is 24.5 Å². The molecule has 0 radical (unpaired) electrons. The molecule has 0 bridgehead atoms. The fourth-order valence-corrected chi connectivity index (χ4v) is 3.78. The number of carbonyl (C=O) groups is 2. The molecule has 1 aromatic carbocycles. The molecule has 2 fully saturated rings. The molecule has 7 nitrogen and oxygen atoms in total. The number of hydrogen-bond donors (Lipinski definition) is 2. The summed E-state index contributed by atoms with van der Waals surface area (Å²) >= 11 is 5.86. The van der Waals surface area contributed by atoms with Gasteiger partial charge in [-0.1, -0.05) is 24.4 Å². The quantitative estimate of drug-likeness (QED) is 0.722. The Kier molecular flexibility index (Phi) is 7.94. The topological polar surface area (TPSA) is 73.9 Å². The number of ether oxygens (including phenoxy) is 1. The van der Waals surface area contributed by atoms with E-state index >= 15 is 0 Å². The summed E-state index contributed by atoms with van der Waals surface area (Å²) in [6.07, 6.45) is 4.30. The van der Waals surface area contributed by atoms with Crippen molar-refractivity contribution in [2.75, 3.05) is 45.9 Å². The van der Waals surface area contributed by atoms with E-state index in [0.717, 1.165) is 64.2 Å². The fraction of sp³-hybridized carbons (Fsp3) is 0.600. The summed E-state index contributed by atoms with van der Waals surface area (Å²) in [4.78, 5) is 28.3. The fourth-order valence-electron chi connectivity index (χ4n) is 3.66. The number of amides is 3. The highest BCUT2D eigenvalue weighted by molar-refractivity contribution is 6.30. The molecule has 0 unspecified atom stereocenters. The molecule has 8 heteroatoms. The predicted octanol–water partition coefficient (Wildman–Crippen LogP) is 2.10. The Morgan fingerprint density at radius 2 is 1.68 bits per heavy atom. The third-order valence-electron chi connectivity index (χ3n) is 5.27. The number of urea groups is 1. The Labute approximate surface area is 171 Å². The van der Waals surface area contributed by atoms with E-state index in [2.05, 4.69) is 20.4 Å². The molecule has 28 heavy (non-hydrogen) atoms. The van der Waals surface area contributed by atoms with E-state index in [4.69, 9.17) is 16.3 Å². The largest absolute Gasteiger partial charge is 0.492 e. The van der Waals surface area contributed by atoms with Crippen molar-refractivity contribution in [3.8, 4) is 5.75 Å². The summed E-state index contributed by atoms with van der Waals surface area (Å²) in [5.74, 6) is 0.575. The molecular weight excluding hydrogens is 380 g/mol. The van der Waals surface area contributed by atoms with Crippen molar-refractivity contribution < 1.29 is 14.3 Å². The van der Waals surface area contributed by atoms with Crippen molar-refractivity contribution in [2.24, 2.45) is 0 Å². The van der Waals surface area contributed by atoms with Gasteiger partial charge in [-0.25, -0.2) is 4.79 Å². The number of carbonyl (C=O) groups excluding carboxylic acids is 2. The van der Waals surface area contributed by atoms with Crippen LogP contribution in [0.3, 0.4) is 0 Å². The van der Waals surface area contributed by atoms with Crippen LogP contribution in [0, 0.1) is 0 Å². The number of rotatable bonds is 7. The average molecular weight is 409 g/mol. The molecule has 1 heterocycles. The number of hydrogen-bond acceptors (Lipinski definition) is 5. The van der Waals surface area contributed by atoms with Crippen LogP contribution in [0.25, 0.3) is 0 Å². The first-order chi connectivity index (χ1) is 13.6. The van der Waals surface area contributed by atoms with Crippen molar-refractivity contribution >= 4 is 23.5 Å². The van der Waals surface area contributed by atoms with Crippen LogP contribution in [0.2, 0.25) is 5.02 Å². The van der Waals surface area contributed by atoms with Crippen LogP contribution in [0.5, 0.6) is 5.75 Å². The number of halogens is 1. The first-order valence-corrected chi connectivity index (χ1v) is 10.4. The normalized spacial score (nSPS) is 18.8. The Morgan fingerprint density at radius 3 is 2.36 bits per heavy atom. The maximum absolute atomic E-state index is 12.1. The highest BCUT2D eigenvalue weighted by atomic mass is 35.5. The lowest BCUT2D eigenvalue weighted by Gasteiger charge is -2.34. The van der Waals surface area contributed by atoms with Crippen molar-refractivity contribution in [3.63, 3.8) is 0 Å². The Morgan fingerprint density at radius 1 is 1.04 bits per heavy atom. The van der Waals surface area contributed by atoms with Crippen LogP contribution in [0.4, 0.5) is 4.79 Å². The number of nitrogens with one attached hydrogen (secondary N) is 2. The monoisotopic (exact) mass is 408 g/mol. The SMILES string of the molecule is O=C(CN1CCN(CCOc2ccc(Cl)cc2)CC1)NC(=O)NC1CCCC1. The molecule has 3 amide bonds. The van der Waals surface area contributed by atoms with Gasteiger partial charge in [-0.15, -0.1) is 0 Å². The second kappa shape index (κ2) is 10.6. The third kappa shape index (κ3) is 6.96. The van der Waals surface area contributed by atoms with Gasteiger partial charge in [0.15, 0.2) is 0 Å². The minimum atomic E-state index is -0.366. The Hall–Kier alpha value is -1.83. The lowest BCUT2D eigenvalue weighted by atomic mass is 10.2. The van der Waals surface area contributed by atoms with Crippen LogP contribution in [-0.4, -0.2) is 73.7 Å². The second-order valence-electron chi connectivity index (χ2n) is 7.42. The lowest BCUT2D eigenvalue weighted by molar-refractivity contribution is -0.121. The van der Waals surface area contributed by atoms with Gasteiger partial charge >= 0.3 is 6.03 Å². The number of imide groups is 1. The summed E-state index contributed by atoms with van der Waals surface area (Å²) in [6.45, 7) is 5.08. The molecule has 0 spiro atoms. The average Bonchev–Trinajstić information content (AvgIpc) is 3.17. The highest BCUT2D eigenvalue weighted by Crippen LogP contribution is 2.17.